The van der Waals surface area contributed by atoms with Crippen LogP contribution in [0.2, 0.25) is 0 Å². The van der Waals surface area contributed by atoms with Gasteiger partial charge in [-0.1, -0.05) is 12.8 Å². The van der Waals surface area contributed by atoms with Crippen molar-refractivity contribution in [1.82, 2.24) is 15.5 Å². The number of hydrogen-bond donors (Lipinski definition) is 2. The zero-order valence-electron chi connectivity index (χ0n) is 13.9. The molecule has 24 heavy (non-hydrogen) atoms. The Hall–Kier alpha value is -1.98. The Bertz CT molecular complexity index is 609. The van der Waals surface area contributed by atoms with Gasteiger partial charge < -0.3 is 20.0 Å². The minimum Gasteiger partial charge on any atom is -0.467 e. The summed E-state index contributed by atoms with van der Waals surface area (Å²) in [6.45, 7) is 1.91. The Morgan fingerprint density at radius 1 is 1.33 bits per heavy atom. The molecule has 3 fully saturated rings. The van der Waals surface area contributed by atoms with E-state index in [0.29, 0.717) is 19.1 Å². The SMILES string of the molecule is O=C(NCc1ccco1)[C@@H]1C[C@@]12CCN(C(=O)NC1CCCC1)C2. The molecule has 3 aliphatic rings. The van der Waals surface area contributed by atoms with Gasteiger partial charge in [0.2, 0.25) is 5.91 Å². The maximum Gasteiger partial charge on any atom is 0.317 e. The Kier molecular flexibility index (Phi) is 3.98. The number of likely N-dealkylation sites (tertiary alicyclic amines) is 1. The van der Waals surface area contributed by atoms with Crippen LogP contribution in [-0.4, -0.2) is 36.0 Å². The molecule has 1 aliphatic heterocycles. The van der Waals surface area contributed by atoms with E-state index in [-0.39, 0.29) is 23.3 Å². The molecule has 0 bridgehead atoms. The van der Waals surface area contributed by atoms with Crippen molar-refractivity contribution in [3.05, 3.63) is 24.2 Å². The molecular formula is C18H25N3O3. The summed E-state index contributed by atoms with van der Waals surface area (Å²) in [6.07, 6.45) is 8.07. The smallest absolute Gasteiger partial charge is 0.317 e. The third kappa shape index (κ3) is 3.01. The van der Waals surface area contributed by atoms with Crippen LogP contribution in [-0.2, 0) is 11.3 Å². The van der Waals surface area contributed by atoms with E-state index in [2.05, 4.69) is 10.6 Å². The Balaban J connectivity index is 1.25. The quantitative estimate of drug-likeness (QED) is 0.889. The maximum atomic E-state index is 12.4. The van der Waals surface area contributed by atoms with Crippen LogP contribution >= 0.6 is 0 Å². The molecule has 6 nitrogen and oxygen atoms in total. The highest BCUT2D eigenvalue weighted by molar-refractivity contribution is 5.83. The van der Waals surface area contributed by atoms with Gasteiger partial charge in [0.25, 0.3) is 0 Å². The molecule has 2 N–H and O–H groups in total. The summed E-state index contributed by atoms with van der Waals surface area (Å²) in [5, 5.41) is 6.10. The molecule has 2 atom stereocenters. The van der Waals surface area contributed by atoms with Crippen LogP contribution < -0.4 is 10.6 Å². The fourth-order valence-corrected chi connectivity index (χ4v) is 4.29. The predicted molar refractivity (Wildman–Crippen MR) is 88.1 cm³/mol. The molecule has 6 heteroatoms. The third-order valence-electron chi connectivity index (χ3n) is 5.88. The highest BCUT2D eigenvalue weighted by atomic mass is 16.3. The minimum absolute atomic E-state index is 0.0142. The Morgan fingerprint density at radius 2 is 2.17 bits per heavy atom. The van der Waals surface area contributed by atoms with Crippen LogP contribution in [0.15, 0.2) is 22.8 Å². The number of nitrogens with zero attached hydrogens (tertiary/aromatic N) is 1. The van der Waals surface area contributed by atoms with Gasteiger partial charge in [-0.15, -0.1) is 0 Å². The molecule has 1 aromatic heterocycles. The molecule has 2 aliphatic carbocycles. The standard InChI is InChI=1S/C18H25N3O3/c22-16(19-11-14-6-3-9-24-14)15-10-18(15)7-8-21(12-18)17(23)20-13-4-1-2-5-13/h3,6,9,13,15H,1-2,4-5,7-8,10-12H2,(H,19,22)(H,20,23)/t15-,18+/m0/s1. The first kappa shape index (κ1) is 15.5. The van der Waals surface area contributed by atoms with Crippen molar-refractivity contribution in [2.45, 2.75) is 51.1 Å². The number of carbonyl (C=O) groups is 2. The van der Waals surface area contributed by atoms with E-state index in [4.69, 9.17) is 4.42 Å². The van der Waals surface area contributed by atoms with Gasteiger partial charge in [-0.3, -0.25) is 4.79 Å². The lowest BCUT2D eigenvalue weighted by Crippen LogP contribution is -2.43. The number of amides is 3. The van der Waals surface area contributed by atoms with Gasteiger partial charge in [-0.2, -0.15) is 0 Å². The molecule has 1 aromatic rings. The van der Waals surface area contributed by atoms with Crippen molar-refractivity contribution in [3.8, 4) is 0 Å². The largest absolute Gasteiger partial charge is 0.467 e. The number of carbonyl (C=O) groups excluding carboxylic acids is 2. The molecule has 2 saturated carbocycles. The molecule has 130 valence electrons. The number of hydrogen-bond acceptors (Lipinski definition) is 3. The normalized spacial score (nSPS) is 29.2. The number of urea groups is 1. The van der Waals surface area contributed by atoms with E-state index >= 15 is 0 Å². The van der Waals surface area contributed by atoms with Crippen molar-refractivity contribution in [3.63, 3.8) is 0 Å². The summed E-state index contributed by atoms with van der Waals surface area (Å²) < 4.78 is 5.24. The Labute approximate surface area is 142 Å². The fraction of sp³-hybridized carbons (Fsp3) is 0.667. The summed E-state index contributed by atoms with van der Waals surface area (Å²) in [5.74, 6) is 0.892. The van der Waals surface area contributed by atoms with Crippen LogP contribution in [0.4, 0.5) is 4.79 Å². The van der Waals surface area contributed by atoms with E-state index in [1.807, 2.05) is 17.0 Å². The zero-order chi connectivity index (χ0) is 16.6. The summed E-state index contributed by atoms with van der Waals surface area (Å²) in [4.78, 5) is 26.6. The molecular weight excluding hydrogens is 306 g/mol. The Morgan fingerprint density at radius 3 is 2.92 bits per heavy atom. The van der Waals surface area contributed by atoms with E-state index in [1.54, 1.807) is 6.26 Å². The number of furan rings is 1. The van der Waals surface area contributed by atoms with Gasteiger partial charge in [0.1, 0.15) is 5.76 Å². The lowest BCUT2D eigenvalue weighted by Gasteiger charge is -2.20. The second kappa shape index (κ2) is 6.15. The summed E-state index contributed by atoms with van der Waals surface area (Å²) in [7, 11) is 0. The predicted octanol–water partition coefficient (Wildman–Crippen LogP) is 2.26. The van der Waals surface area contributed by atoms with Gasteiger partial charge in [-0.25, -0.2) is 4.79 Å². The van der Waals surface area contributed by atoms with E-state index in [1.165, 1.54) is 12.8 Å². The van der Waals surface area contributed by atoms with Crippen LogP contribution in [0.3, 0.4) is 0 Å². The average molecular weight is 331 g/mol. The van der Waals surface area contributed by atoms with Crippen LogP contribution in [0.25, 0.3) is 0 Å². The first-order chi connectivity index (χ1) is 11.7. The van der Waals surface area contributed by atoms with Crippen molar-refractivity contribution < 1.29 is 14.0 Å². The summed E-state index contributed by atoms with van der Waals surface area (Å²) >= 11 is 0. The maximum absolute atomic E-state index is 12.4. The van der Waals surface area contributed by atoms with Gasteiger partial charge in [-0.05, 0) is 37.8 Å². The first-order valence-corrected chi connectivity index (χ1v) is 9.02. The number of nitrogens with one attached hydrogen (secondary N) is 2. The van der Waals surface area contributed by atoms with Crippen LogP contribution in [0.1, 0.15) is 44.3 Å². The van der Waals surface area contributed by atoms with E-state index in [0.717, 1.165) is 38.0 Å². The fourth-order valence-electron chi connectivity index (χ4n) is 4.29. The lowest BCUT2D eigenvalue weighted by molar-refractivity contribution is -0.123. The van der Waals surface area contributed by atoms with Gasteiger partial charge in [0.05, 0.1) is 12.8 Å². The van der Waals surface area contributed by atoms with E-state index < -0.39 is 0 Å². The highest BCUT2D eigenvalue weighted by Crippen LogP contribution is 2.58. The average Bonchev–Trinajstić information content (AvgIpc) is 3.07. The summed E-state index contributed by atoms with van der Waals surface area (Å²) in [6, 6.07) is 4.08. The van der Waals surface area contributed by atoms with Gasteiger partial charge >= 0.3 is 6.03 Å². The molecule has 3 amide bonds. The van der Waals surface area contributed by atoms with Crippen LogP contribution in [0.5, 0.6) is 0 Å². The van der Waals surface area contributed by atoms with Gasteiger partial charge in [0, 0.05) is 30.5 Å². The minimum atomic E-state index is 0.0142. The number of rotatable bonds is 4. The molecule has 2 heterocycles. The molecule has 0 aromatic carbocycles. The third-order valence-corrected chi connectivity index (χ3v) is 5.88. The molecule has 0 unspecified atom stereocenters. The highest BCUT2D eigenvalue weighted by Gasteiger charge is 2.61. The first-order valence-electron chi connectivity index (χ1n) is 9.02. The summed E-state index contributed by atoms with van der Waals surface area (Å²) in [5.41, 5.74) is 0.0142. The van der Waals surface area contributed by atoms with E-state index in [9.17, 15) is 9.59 Å². The van der Waals surface area contributed by atoms with Gasteiger partial charge in [0.15, 0.2) is 0 Å². The molecule has 4 rings (SSSR count). The second-order valence-corrected chi connectivity index (χ2v) is 7.52. The van der Waals surface area contributed by atoms with Crippen molar-refractivity contribution in [1.29, 1.82) is 0 Å². The monoisotopic (exact) mass is 331 g/mol. The topological polar surface area (TPSA) is 74.6 Å². The molecule has 1 saturated heterocycles. The van der Waals surface area contributed by atoms with Crippen LogP contribution in [0, 0.1) is 11.3 Å². The van der Waals surface area contributed by atoms with Crippen molar-refractivity contribution in [2.24, 2.45) is 11.3 Å². The molecule has 1 spiro atoms. The molecule has 0 radical (unpaired) electrons. The zero-order valence-corrected chi connectivity index (χ0v) is 13.9. The van der Waals surface area contributed by atoms with Crippen molar-refractivity contribution in [2.75, 3.05) is 13.1 Å². The lowest BCUT2D eigenvalue weighted by atomic mass is 10.0. The van der Waals surface area contributed by atoms with Crippen molar-refractivity contribution >= 4 is 11.9 Å². The second-order valence-electron chi connectivity index (χ2n) is 7.52.